The fraction of sp³-hybridized carbons (Fsp3) is 0.571. The maximum atomic E-state index is 8.87. The smallest absolute Gasteiger partial charge is 0.0729 e. The summed E-state index contributed by atoms with van der Waals surface area (Å²) < 4.78 is 3.80. The first-order valence-corrected chi connectivity index (χ1v) is 7.05. The molecular weight excluding hydrogens is 254 g/mol. The summed E-state index contributed by atoms with van der Waals surface area (Å²) >= 11 is 0. The van der Waals surface area contributed by atoms with Crippen LogP contribution in [-0.2, 0) is 19.6 Å². The van der Waals surface area contributed by atoms with E-state index in [-0.39, 0.29) is 6.61 Å². The Morgan fingerprint density at radius 3 is 2.80 bits per heavy atom. The van der Waals surface area contributed by atoms with Crippen LogP contribution in [0.15, 0.2) is 12.4 Å². The highest BCUT2D eigenvalue weighted by Gasteiger charge is 2.10. The van der Waals surface area contributed by atoms with Crippen molar-refractivity contribution in [2.75, 3.05) is 11.9 Å². The molecule has 0 spiro atoms. The van der Waals surface area contributed by atoms with Gasteiger partial charge in [0.15, 0.2) is 0 Å². The molecule has 0 aliphatic carbocycles. The summed E-state index contributed by atoms with van der Waals surface area (Å²) in [6.07, 6.45) is 4.76. The zero-order chi connectivity index (χ0) is 14.5. The van der Waals surface area contributed by atoms with Gasteiger partial charge in [0.2, 0.25) is 0 Å². The molecule has 0 amide bonds. The first kappa shape index (κ1) is 14.6. The van der Waals surface area contributed by atoms with Gasteiger partial charge in [0.25, 0.3) is 0 Å². The number of hydrogen-bond acceptors (Lipinski definition) is 4. The predicted octanol–water partition coefficient (Wildman–Crippen LogP) is 1.71. The van der Waals surface area contributed by atoms with Gasteiger partial charge in [0, 0.05) is 30.5 Å². The summed E-state index contributed by atoms with van der Waals surface area (Å²) in [4.78, 5) is 0. The third kappa shape index (κ3) is 3.19. The van der Waals surface area contributed by atoms with Gasteiger partial charge in [-0.25, -0.2) is 0 Å². The number of aromatic nitrogens is 4. The molecule has 2 rings (SSSR count). The van der Waals surface area contributed by atoms with Crippen molar-refractivity contribution in [3.05, 3.63) is 29.3 Å². The molecule has 2 N–H and O–H groups in total. The van der Waals surface area contributed by atoms with E-state index < -0.39 is 0 Å². The summed E-state index contributed by atoms with van der Waals surface area (Å²) in [5.41, 5.74) is 4.50. The van der Waals surface area contributed by atoms with Gasteiger partial charge in [-0.1, -0.05) is 6.92 Å². The second kappa shape index (κ2) is 6.56. The molecule has 0 saturated heterocycles. The minimum absolute atomic E-state index is 0.100. The second-order valence-corrected chi connectivity index (χ2v) is 4.94. The van der Waals surface area contributed by atoms with Crippen molar-refractivity contribution < 1.29 is 5.11 Å². The third-order valence-electron chi connectivity index (χ3n) is 3.40. The van der Waals surface area contributed by atoms with Crippen LogP contribution in [0.2, 0.25) is 0 Å². The Morgan fingerprint density at radius 1 is 1.30 bits per heavy atom. The van der Waals surface area contributed by atoms with Gasteiger partial charge in [-0.3, -0.25) is 9.36 Å². The number of nitrogens with zero attached hydrogens (tertiary/aromatic N) is 4. The molecule has 0 aliphatic heterocycles. The Hall–Kier alpha value is -1.82. The maximum Gasteiger partial charge on any atom is 0.0729 e. The molecule has 0 aromatic carbocycles. The Labute approximate surface area is 119 Å². The third-order valence-corrected chi connectivity index (χ3v) is 3.40. The van der Waals surface area contributed by atoms with E-state index in [9.17, 15) is 0 Å². The van der Waals surface area contributed by atoms with Gasteiger partial charge in [-0.05, 0) is 20.3 Å². The number of aryl methyl sites for hydroxylation is 2. The Balaban J connectivity index is 2.02. The zero-order valence-corrected chi connectivity index (χ0v) is 12.4. The van der Waals surface area contributed by atoms with E-state index in [4.69, 9.17) is 5.11 Å². The first-order valence-electron chi connectivity index (χ1n) is 7.05. The van der Waals surface area contributed by atoms with Crippen molar-refractivity contribution >= 4 is 5.69 Å². The number of hydrogen-bond donors (Lipinski definition) is 2. The standard InChI is InChI=1S/C14H23N5O/c1-4-5-19-12(3)14(11(2)17-19)9-15-13-8-16-18(10-13)6-7-20/h8,10,15,20H,4-7,9H2,1-3H3. The van der Waals surface area contributed by atoms with Gasteiger partial charge < -0.3 is 10.4 Å². The van der Waals surface area contributed by atoms with Crippen molar-refractivity contribution in [2.24, 2.45) is 0 Å². The van der Waals surface area contributed by atoms with E-state index in [1.54, 1.807) is 10.9 Å². The Bertz CT molecular complexity index is 558. The minimum atomic E-state index is 0.100. The van der Waals surface area contributed by atoms with Gasteiger partial charge in [0.1, 0.15) is 0 Å². The minimum Gasteiger partial charge on any atom is -0.394 e. The maximum absolute atomic E-state index is 8.87. The molecule has 0 unspecified atom stereocenters. The molecule has 0 atom stereocenters. The van der Waals surface area contributed by atoms with E-state index in [1.165, 1.54) is 11.3 Å². The van der Waals surface area contributed by atoms with Crippen molar-refractivity contribution in [3.63, 3.8) is 0 Å². The molecular formula is C14H23N5O. The van der Waals surface area contributed by atoms with Crippen LogP contribution in [-0.4, -0.2) is 31.3 Å². The monoisotopic (exact) mass is 277 g/mol. The van der Waals surface area contributed by atoms with Crippen LogP contribution in [0.1, 0.15) is 30.3 Å². The quantitative estimate of drug-likeness (QED) is 0.808. The summed E-state index contributed by atoms with van der Waals surface area (Å²) in [7, 11) is 0. The van der Waals surface area contributed by atoms with Crippen LogP contribution >= 0.6 is 0 Å². The van der Waals surface area contributed by atoms with Gasteiger partial charge in [0.05, 0.1) is 30.7 Å². The van der Waals surface area contributed by atoms with Crippen molar-refractivity contribution in [1.82, 2.24) is 19.6 Å². The highest BCUT2D eigenvalue weighted by molar-refractivity contribution is 5.40. The molecule has 0 bridgehead atoms. The molecule has 0 radical (unpaired) electrons. The number of aliphatic hydroxyl groups excluding tert-OH is 1. The molecule has 0 fully saturated rings. The van der Waals surface area contributed by atoms with Crippen LogP contribution < -0.4 is 5.32 Å². The molecule has 0 aliphatic rings. The molecule has 20 heavy (non-hydrogen) atoms. The normalized spacial score (nSPS) is 11.0. The predicted molar refractivity (Wildman–Crippen MR) is 78.6 cm³/mol. The van der Waals surface area contributed by atoms with Gasteiger partial charge in [-0.15, -0.1) is 0 Å². The first-order chi connectivity index (χ1) is 9.65. The highest BCUT2D eigenvalue weighted by Crippen LogP contribution is 2.16. The van der Waals surface area contributed by atoms with Crippen molar-refractivity contribution in [1.29, 1.82) is 0 Å². The molecule has 2 aromatic rings. The van der Waals surface area contributed by atoms with Crippen molar-refractivity contribution in [2.45, 2.75) is 46.8 Å². The second-order valence-electron chi connectivity index (χ2n) is 4.94. The largest absolute Gasteiger partial charge is 0.394 e. The highest BCUT2D eigenvalue weighted by atomic mass is 16.3. The fourth-order valence-electron chi connectivity index (χ4n) is 2.29. The Morgan fingerprint density at radius 2 is 2.10 bits per heavy atom. The summed E-state index contributed by atoms with van der Waals surface area (Å²) in [5, 5.41) is 21.0. The lowest BCUT2D eigenvalue weighted by Crippen LogP contribution is -2.04. The Kier molecular flexibility index (Phi) is 4.79. The van der Waals surface area contributed by atoms with Crippen LogP contribution in [0.3, 0.4) is 0 Å². The summed E-state index contributed by atoms with van der Waals surface area (Å²) in [6, 6.07) is 0. The lowest BCUT2D eigenvalue weighted by Gasteiger charge is -2.05. The average Bonchev–Trinajstić information content (AvgIpc) is 2.95. The van der Waals surface area contributed by atoms with E-state index >= 15 is 0 Å². The van der Waals surface area contributed by atoms with Crippen LogP contribution in [0.25, 0.3) is 0 Å². The van der Waals surface area contributed by atoms with Gasteiger partial charge in [-0.2, -0.15) is 10.2 Å². The van der Waals surface area contributed by atoms with Crippen LogP contribution in [0.4, 0.5) is 5.69 Å². The topological polar surface area (TPSA) is 67.9 Å². The number of aliphatic hydroxyl groups is 1. The molecule has 6 heteroatoms. The molecule has 6 nitrogen and oxygen atoms in total. The number of nitrogens with one attached hydrogen (secondary N) is 1. The SMILES string of the molecule is CCCn1nc(C)c(CNc2cnn(CCO)c2)c1C. The van der Waals surface area contributed by atoms with E-state index in [1.807, 2.05) is 13.1 Å². The van der Waals surface area contributed by atoms with Crippen LogP contribution in [0.5, 0.6) is 0 Å². The molecule has 2 aromatic heterocycles. The van der Waals surface area contributed by atoms with Crippen LogP contribution in [0, 0.1) is 13.8 Å². The molecule has 2 heterocycles. The fourth-order valence-corrected chi connectivity index (χ4v) is 2.29. The molecule has 110 valence electrons. The summed E-state index contributed by atoms with van der Waals surface area (Å²) in [5.74, 6) is 0. The number of anilines is 1. The van der Waals surface area contributed by atoms with Crippen molar-refractivity contribution in [3.8, 4) is 0 Å². The lowest BCUT2D eigenvalue weighted by atomic mass is 10.2. The van der Waals surface area contributed by atoms with E-state index in [0.29, 0.717) is 6.54 Å². The zero-order valence-electron chi connectivity index (χ0n) is 12.4. The van der Waals surface area contributed by atoms with E-state index in [2.05, 4.69) is 34.0 Å². The van der Waals surface area contributed by atoms with Gasteiger partial charge >= 0.3 is 0 Å². The average molecular weight is 277 g/mol. The summed E-state index contributed by atoms with van der Waals surface area (Å²) in [6.45, 7) is 8.64. The molecule has 0 saturated carbocycles. The lowest BCUT2D eigenvalue weighted by molar-refractivity contribution is 0.269. The number of rotatable bonds is 7. The van der Waals surface area contributed by atoms with E-state index in [0.717, 1.165) is 30.9 Å².